The van der Waals surface area contributed by atoms with Gasteiger partial charge in [0.1, 0.15) is 0 Å². The highest BCUT2D eigenvalue weighted by Crippen LogP contribution is 2.22. The van der Waals surface area contributed by atoms with Crippen LogP contribution in [0, 0.1) is 5.92 Å². The van der Waals surface area contributed by atoms with Crippen LogP contribution in [0.1, 0.15) is 37.8 Å². The summed E-state index contributed by atoms with van der Waals surface area (Å²) in [6.45, 7) is 3.69. The lowest BCUT2D eigenvalue weighted by Crippen LogP contribution is -2.22. The second-order valence-electron chi connectivity index (χ2n) is 6.66. The van der Waals surface area contributed by atoms with Gasteiger partial charge in [-0.15, -0.1) is 0 Å². The maximum absolute atomic E-state index is 12.2. The standard InChI is InChI=1S/C21H26N2O2/c1-16(18-5-3-2-4-6-18)22-19-7-9-20(10-8-19)23-21(24)15-17-11-13-25-14-12-17/h2-10,16-17,22H,11-15H2,1H3,(H,23,24)/t16-/m0/s1. The Labute approximate surface area is 149 Å². The van der Waals surface area contributed by atoms with E-state index < -0.39 is 0 Å². The Kier molecular flexibility index (Phi) is 6.07. The SMILES string of the molecule is C[C@H](Nc1ccc(NC(=O)CC2CCOCC2)cc1)c1ccccc1. The molecule has 0 aliphatic carbocycles. The first-order valence-corrected chi connectivity index (χ1v) is 9.00. The van der Waals surface area contributed by atoms with Gasteiger partial charge in [-0.05, 0) is 55.5 Å². The van der Waals surface area contributed by atoms with Crippen molar-refractivity contribution in [2.75, 3.05) is 23.8 Å². The van der Waals surface area contributed by atoms with Crippen LogP contribution in [-0.4, -0.2) is 19.1 Å². The van der Waals surface area contributed by atoms with Gasteiger partial charge in [0.2, 0.25) is 5.91 Å². The number of benzene rings is 2. The monoisotopic (exact) mass is 338 g/mol. The summed E-state index contributed by atoms with van der Waals surface area (Å²) in [7, 11) is 0. The van der Waals surface area contributed by atoms with Crippen LogP contribution in [0.2, 0.25) is 0 Å². The number of anilines is 2. The molecule has 0 radical (unpaired) electrons. The molecule has 3 rings (SSSR count). The molecule has 1 aliphatic heterocycles. The maximum atomic E-state index is 12.2. The van der Waals surface area contributed by atoms with E-state index in [1.54, 1.807) is 0 Å². The lowest BCUT2D eigenvalue weighted by molar-refractivity contribution is -0.117. The van der Waals surface area contributed by atoms with E-state index in [9.17, 15) is 4.79 Å². The number of carbonyl (C=O) groups excluding carboxylic acids is 1. The van der Waals surface area contributed by atoms with Crippen LogP contribution in [0.15, 0.2) is 54.6 Å². The van der Waals surface area contributed by atoms with Gasteiger partial charge in [-0.3, -0.25) is 4.79 Å². The fraction of sp³-hybridized carbons (Fsp3) is 0.381. The van der Waals surface area contributed by atoms with Crippen LogP contribution in [0.3, 0.4) is 0 Å². The number of carbonyl (C=O) groups is 1. The van der Waals surface area contributed by atoms with Crippen molar-refractivity contribution in [2.24, 2.45) is 5.92 Å². The van der Waals surface area contributed by atoms with E-state index in [2.05, 4.69) is 29.7 Å². The van der Waals surface area contributed by atoms with E-state index in [-0.39, 0.29) is 11.9 Å². The molecule has 1 heterocycles. The first-order chi connectivity index (χ1) is 12.2. The zero-order valence-electron chi connectivity index (χ0n) is 14.7. The number of hydrogen-bond donors (Lipinski definition) is 2. The molecule has 2 aromatic carbocycles. The molecule has 1 amide bonds. The van der Waals surface area contributed by atoms with Crippen LogP contribution in [-0.2, 0) is 9.53 Å². The van der Waals surface area contributed by atoms with Crippen molar-refractivity contribution in [3.63, 3.8) is 0 Å². The van der Waals surface area contributed by atoms with Crippen molar-refractivity contribution in [1.29, 1.82) is 0 Å². The Bertz CT molecular complexity index is 664. The molecule has 1 atom stereocenters. The van der Waals surface area contributed by atoms with Gasteiger partial charge < -0.3 is 15.4 Å². The summed E-state index contributed by atoms with van der Waals surface area (Å²) in [4.78, 5) is 12.2. The average molecular weight is 338 g/mol. The van der Waals surface area contributed by atoms with Gasteiger partial charge in [-0.2, -0.15) is 0 Å². The zero-order valence-corrected chi connectivity index (χ0v) is 14.7. The second-order valence-corrected chi connectivity index (χ2v) is 6.66. The lowest BCUT2D eigenvalue weighted by atomic mass is 9.96. The summed E-state index contributed by atoms with van der Waals surface area (Å²) < 4.78 is 5.34. The summed E-state index contributed by atoms with van der Waals surface area (Å²) in [6.07, 6.45) is 2.54. The van der Waals surface area contributed by atoms with Gasteiger partial charge in [0.25, 0.3) is 0 Å². The van der Waals surface area contributed by atoms with Crippen LogP contribution < -0.4 is 10.6 Å². The molecule has 4 heteroatoms. The van der Waals surface area contributed by atoms with E-state index in [4.69, 9.17) is 4.74 Å². The van der Waals surface area contributed by atoms with Crippen LogP contribution in [0.4, 0.5) is 11.4 Å². The Morgan fingerprint density at radius 3 is 2.36 bits per heavy atom. The molecule has 2 N–H and O–H groups in total. The molecule has 0 aromatic heterocycles. The summed E-state index contributed by atoms with van der Waals surface area (Å²) in [5, 5.41) is 6.47. The minimum atomic E-state index is 0.0882. The van der Waals surface area contributed by atoms with Crippen molar-refractivity contribution in [3.8, 4) is 0 Å². The molecule has 2 aromatic rings. The van der Waals surface area contributed by atoms with Crippen molar-refractivity contribution < 1.29 is 9.53 Å². The second kappa shape index (κ2) is 8.67. The van der Waals surface area contributed by atoms with Gasteiger partial charge in [0, 0.05) is 37.1 Å². The van der Waals surface area contributed by atoms with E-state index in [0.29, 0.717) is 12.3 Å². The number of amides is 1. The van der Waals surface area contributed by atoms with Crippen molar-refractivity contribution in [2.45, 2.75) is 32.2 Å². The molecule has 1 saturated heterocycles. The number of ether oxygens (including phenoxy) is 1. The lowest BCUT2D eigenvalue weighted by Gasteiger charge is -2.21. The highest BCUT2D eigenvalue weighted by Gasteiger charge is 2.17. The molecule has 132 valence electrons. The van der Waals surface area contributed by atoms with E-state index >= 15 is 0 Å². The van der Waals surface area contributed by atoms with Crippen molar-refractivity contribution in [1.82, 2.24) is 0 Å². The minimum absolute atomic E-state index is 0.0882. The van der Waals surface area contributed by atoms with Gasteiger partial charge in [-0.25, -0.2) is 0 Å². The molecular formula is C21H26N2O2. The first-order valence-electron chi connectivity index (χ1n) is 9.00. The smallest absolute Gasteiger partial charge is 0.224 e. The maximum Gasteiger partial charge on any atom is 0.224 e. The predicted molar refractivity (Wildman–Crippen MR) is 102 cm³/mol. The Hall–Kier alpha value is -2.33. The molecule has 25 heavy (non-hydrogen) atoms. The highest BCUT2D eigenvalue weighted by atomic mass is 16.5. The zero-order chi connectivity index (χ0) is 17.5. The van der Waals surface area contributed by atoms with Gasteiger partial charge in [0.15, 0.2) is 0 Å². The van der Waals surface area contributed by atoms with Gasteiger partial charge >= 0.3 is 0 Å². The summed E-state index contributed by atoms with van der Waals surface area (Å²) in [5.41, 5.74) is 3.13. The van der Waals surface area contributed by atoms with Gasteiger partial charge in [-0.1, -0.05) is 30.3 Å². The Morgan fingerprint density at radius 1 is 1.04 bits per heavy atom. The van der Waals surface area contributed by atoms with E-state index in [1.807, 2.05) is 42.5 Å². The normalized spacial score (nSPS) is 16.2. The Balaban J connectivity index is 1.50. The topological polar surface area (TPSA) is 50.4 Å². The Morgan fingerprint density at radius 2 is 1.68 bits per heavy atom. The van der Waals surface area contributed by atoms with Crippen LogP contribution >= 0.6 is 0 Å². The third-order valence-corrected chi connectivity index (χ3v) is 4.67. The average Bonchev–Trinajstić information content (AvgIpc) is 2.65. The first kappa shape index (κ1) is 17.5. The highest BCUT2D eigenvalue weighted by molar-refractivity contribution is 5.91. The van der Waals surface area contributed by atoms with Crippen LogP contribution in [0.5, 0.6) is 0 Å². The van der Waals surface area contributed by atoms with Crippen LogP contribution in [0.25, 0.3) is 0 Å². The molecule has 0 saturated carbocycles. The predicted octanol–water partition coefficient (Wildman–Crippen LogP) is 4.61. The fourth-order valence-electron chi connectivity index (χ4n) is 3.15. The number of nitrogens with one attached hydrogen (secondary N) is 2. The fourth-order valence-corrected chi connectivity index (χ4v) is 3.15. The molecule has 0 spiro atoms. The number of hydrogen-bond acceptors (Lipinski definition) is 3. The summed E-state index contributed by atoms with van der Waals surface area (Å²) in [5.74, 6) is 0.534. The quantitative estimate of drug-likeness (QED) is 0.808. The summed E-state index contributed by atoms with van der Waals surface area (Å²) in [6, 6.07) is 18.5. The van der Waals surface area contributed by atoms with E-state index in [1.165, 1.54) is 5.56 Å². The van der Waals surface area contributed by atoms with Crippen molar-refractivity contribution >= 4 is 17.3 Å². The molecule has 1 aliphatic rings. The molecule has 4 nitrogen and oxygen atoms in total. The molecule has 0 unspecified atom stereocenters. The third-order valence-electron chi connectivity index (χ3n) is 4.67. The number of rotatable bonds is 6. The third kappa shape index (κ3) is 5.33. The molecule has 0 bridgehead atoms. The van der Waals surface area contributed by atoms with E-state index in [0.717, 1.165) is 37.4 Å². The van der Waals surface area contributed by atoms with Gasteiger partial charge in [0.05, 0.1) is 0 Å². The minimum Gasteiger partial charge on any atom is -0.381 e. The largest absolute Gasteiger partial charge is 0.381 e. The summed E-state index contributed by atoms with van der Waals surface area (Å²) >= 11 is 0. The van der Waals surface area contributed by atoms with Crippen molar-refractivity contribution in [3.05, 3.63) is 60.2 Å². The molecule has 1 fully saturated rings. The molecular weight excluding hydrogens is 312 g/mol.